The summed E-state index contributed by atoms with van der Waals surface area (Å²) in [6.45, 7) is 4.06. The van der Waals surface area contributed by atoms with Crippen LogP contribution < -0.4 is 4.72 Å². The Morgan fingerprint density at radius 3 is 2.42 bits per heavy atom. The lowest BCUT2D eigenvalue weighted by Crippen LogP contribution is -2.23. The van der Waals surface area contributed by atoms with Gasteiger partial charge in [0.15, 0.2) is 0 Å². The topological polar surface area (TPSA) is 46.2 Å². The molecule has 0 aliphatic rings. The number of unbranched alkanes of at least 4 members (excludes halogenated alkanes) is 3. The van der Waals surface area contributed by atoms with Crippen molar-refractivity contribution in [2.24, 2.45) is 0 Å². The van der Waals surface area contributed by atoms with Crippen LogP contribution in [0.25, 0.3) is 0 Å². The highest BCUT2D eigenvalue weighted by Gasteiger charge is 2.00. The third kappa shape index (κ3) is 8.01. The van der Waals surface area contributed by atoms with Crippen molar-refractivity contribution in [1.29, 1.82) is 0 Å². The fourth-order valence-electron chi connectivity index (χ4n) is 1.12. The van der Waals surface area contributed by atoms with Gasteiger partial charge in [-0.3, -0.25) is 0 Å². The van der Waals surface area contributed by atoms with E-state index >= 15 is 0 Å². The highest BCUT2D eigenvalue weighted by atomic mass is 32.2. The predicted molar refractivity (Wildman–Crippen MR) is 51.7 cm³/mol. The van der Waals surface area contributed by atoms with E-state index in [-0.39, 0.29) is 6.04 Å². The zero-order valence-corrected chi connectivity index (χ0v) is 8.77. The number of rotatable bonds is 7. The molecule has 0 fully saturated rings. The van der Waals surface area contributed by atoms with E-state index in [4.69, 9.17) is 0 Å². The zero-order valence-electron chi connectivity index (χ0n) is 7.88. The van der Waals surface area contributed by atoms with E-state index in [9.17, 15) is 8.42 Å². The van der Waals surface area contributed by atoms with Crippen LogP contribution in [0.15, 0.2) is 0 Å². The molecular formula is C8H19NO2S. The molecule has 0 bridgehead atoms. The van der Waals surface area contributed by atoms with Crippen molar-refractivity contribution in [3.05, 3.63) is 0 Å². The Hall–Kier alpha value is -0.0900. The second kappa shape index (κ2) is 7.55. The van der Waals surface area contributed by atoms with Gasteiger partial charge in [-0.15, -0.1) is 0 Å². The summed E-state index contributed by atoms with van der Waals surface area (Å²) in [5.74, 6) is 0. The second-order valence-electron chi connectivity index (χ2n) is 3.14. The Morgan fingerprint density at radius 1 is 1.25 bits per heavy atom. The minimum Gasteiger partial charge on any atom is -0.216 e. The summed E-state index contributed by atoms with van der Waals surface area (Å²) >= 11 is 0. The van der Waals surface area contributed by atoms with Crippen molar-refractivity contribution >= 4 is 10.9 Å². The number of nitrogens with one attached hydrogen (secondary N) is 1. The molecule has 12 heavy (non-hydrogen) atoms. The number of hydrogen-bond acceptors (Lipinski definition) is 2. The highest BCUT2D eigenvalue weighted by Crippen LogP contribution is 2.04. The third-order valence-electron chi connectivity index (χ3n) is 1.82. The average molecular weight is 193 g/mol. The molecule has 1 atom stereocenters. The summed E-state index contributed by atoms with van der Waals surface area (Å²) in [6.07, 6.45) is 5.74. The largest absolute Gasteiger partial charge is 0.216 e. The van der Waals surface area contributed by atoms with Crippen LogP contribution in [0.3, 0.4) is 0 Å². The van der Waals surface area contributed by atoms with Gasteiger partial charge in [-0.1, -0.05) is 32.6 Å². The molecule has 3 nitrogen and oxygen atoms in total. The van der Waals surface area contributed by atoms with Gasteiger partial charge in [0.05, 0.1) is 0 Å². The van der Waals surface area contributed by atoms with Crippen LogP contribution in [0.2, 0.25) is 0 Å². The Bertz CT molecular complexity index is 160. The van der Waals surface area contributed by atoms with Crippen LogP contribution in [0.4, 0.5) is 0 Å². The summed E-state index contributed by atoms with van der Waals surface area (Å²) < 4.78 is 22.9. The third-order valence-corrected chi connectivity index (χ3v) is 2.47. The quantitative estimate of drug-likeness (QED) is 0.475. The molecule has 0 aromatic carbocycles. The van der Waals surface area contributed by atoms with Gasteiger partial charge >= 0.3 is 0 Å². The minimum atomic E-state index is -2.41. The fourth-order valence-corrected chi connectivity index (χ4v) is 1.61. The molecule has 0 aromatic rings. The Labute approximate surface area is 76.6 Å². The molecule has 0 amide bonds. The maximum absolute atomic E-state index is 10.2. The van der Waals surface area contributed by atoms with Gasteiger partial charge in [-0.25, -0.2) is 13.1 Å². The van der Waals surface area contributed by atoms with Crippen molar-refractivity contribution in [1.82, 2.24) is 4.72 Å². The molecule has 0 heterocycles. The van der Waals surface area contributed by atoms with Crippen LogP contribution in [0.5, 0.6) is 0 Å². The van der Waals surface area contributed by atoms with E-state index < -0.39 is 10.9 Å². The first kappa shape index (κ1) is 11.9. The molecule has 0 aliphatic carbocycles. The lowest BCUT2D eigenvalue weighted by Gasteiger charge is -2.07. The van der Waals surface area contributed by atoms with Crippen LogP contribution in [0.1, 0.15) is 46.0 Å². The van der Waals surface area contributed by atoms with E-state index in [2.05, 4.69) is 11.6 Å². The maximum Gasteiger partial charge on any atom is 0.201 e. The molecule has 74 valence electrons. The van der Waals surface area contributed by atoms with Crippen molar-refractivity contribution in [3.63, 3.8) is 0 Å². The molecule has 0 radical (unpaired) electrons. The van der Waals surface area contributed by atoms with Gasteiger partial charge in [-0.2, -0.15) is 0 Å². The van der Waals surface area contributed by atoms with Gasteiger partial charge in [0.1, 0.15) is 0 Å². The Kier molecular flexibility index (Phi) is 7.50. The average Bonchev–Trinajstić information content (AvgIpc) is 1.97. The molecule has 0 saturated heterocycles. The Balaban J connectivity index is 3.25. The molecule has 0 aromatic heterocycles. The van der Waals surface area contributed by atoms with E-state index in [0.29, 0.717) is 0 Å². The van der Waals surface area contributed by atoms with Crippen LogP contribution in [-0.4, -0.2) is 14.5 Å². The van der Waals surface area contributed by atoms with E-state index in [1.807, 2.05) is 6.92 Å². The summed E-state index contributed by atoms with van der Waals surface area (Å²) in [5, 5.41) is 0. The summed E-state index contributed by atoms with van der Waals surface area (Å²) in [5.41, 5.74) is 0. The van der Waals surface area contributed by atoms with Crippen molar-refractivity contribution < 1.29 is 8.42 Å². The molecular weight excluding hydrogens is 174 g/mol. The summed E-state index contributed by atoms with van der Waals surface area (Å²) in [7, 11) is -2.41. The molecule has 0 spiro atoms. The second-order valence-corrected chi connectivity index (χ2v) is 3.91. The van der Waals surface area contributed by atoms with Gasteiger partial charge in [0.25, 0.3) is 0 Å². The molecule has 1 unspecified atom stereocenters. The normalized spacial score (nSPS) is 13.6. The SMILES string of the molecule is CCCCCCC(C)N[SH](=O)=O. The predicted octanol–water partition coefficient (Wildman–Crippen LogP) is 1.46. The van der Waals surface area contributed by atoms with E-state index in [1.54, 1.807) is 0 Å². The lowest BCUT2D eigenvalue weighted by molar-refractivity contribution is 0.532. The van der Waals surface area contributed by atoms with Crippen molar-refractivity contribution in [2.45, 2.75) is 52.0 Å². The minimum absolute atomic E-state index is 0.1000. The lowest BCUT2D eigenvalue weighted by atomic mass is 10.1. The highest BCUT2D eigenvalue weighted by molar-refractivity contribution is 7.70. The summed E-state index contributed by atoms with van der Waals surface area (Å²) in [4.78, 5) is 0. The first-order valence-corrected chi connectivity index (χ1v) is 5.75. The molecule has 0 saturated carbocycles. The fraction of sp³-hybridized carbons (Fsp3) is 1.00. The Morgan fingerprint density at radius 2 is 1.92 bits per heavy atom. The molecule has 0 aliphatic heterocycles. The van der Waals surface area contributed by atoms with Gasteiger partial charge in [-0.05, 0) is 13.3 Å². The molecule has 1 N–H and O–H groups in total. The monoisotopic (exact) mass is 193 g/mol. The zero-order chi connectivity index (χ0) is 9.40. The van der Waals surface area contributed by atoms with Crippen LogP contribution >= 0.6 is 0 Å². The summed E-state index contributed by atoms with van der Waals surface area (Å²) in [6, 6.07) is 0.1000. The first-order chi connectivity index (χ1) is 5.66. The standard InChI is InChI=1S/C8H19NO2S/c1-3-4-5-6-7-8(2)9-12(10)11/h8,12H,3-7H2,1-2H3,(H,9,10,11). The number of hydrogen-bond donors (Lipinski definition) is 2. The maximum atomic E-state index is 10.2. The first-order valence-electron chi connectivity index (χ1n) is 4.57. The van der Waals surface area contributed by atoms with Crippen molar-refractivity contribution in [2.75, 3.05) is 0 Å². The number of thiol groups is 1. The van der Waals surface area contributed by atoms with Crippen LogP contribution in [0, 0.1) is 0 Å². The van der Waals surface area contributed by atoms with Gasteiger partial charge in [0.2, 0.25) is 10.9 Å². The molecule has 4 heteroatoms. The van der Waals surface area contributed by atoms with Gasteiger partial charge in [0, 0.05) is 6.04 Å². The van der Waals surface area contributed by atoms with E-state index in [1.165, 1.54) is 19.3 Å². The van der Waals surface area contributed by atoms with Gasteiger partial charge < -0.3 is 0 Å². The van der Waals surface area contributed by atoms with E-state index in [0.717, 1.165) is 12.8 Å². The van der Waals surface area contributed by atoms with Crippen LogP contribution in [-0.2, 0) is 10.9 Å². The molecule has 0 rings (SSSR count). The smallest absolute Gasteiger partial charge is 0.201 e. The van der Waals surface area contributed by atoms with Crippen molar-refractivity contribution in [3.8, 4) is 0 Å².